The number of hydrogen-bond acceptors (Lipinski definition) is 6. The maximum Gasteiger partial charge on any atom is 0.306 e. The third kappa shape index (κ3) is 6.03. The molecule has 6 nitrogen and oxygen atoms in total. The second-order valence-corrected chi connectivity index (χ2v) is 4.66. The Morgan fingerprint density at radius 2 is 1.82 bits per heavy atom. The van der Waals surface area contributed by atoms with Gasteiger partial charge in [0.1, 0.15) is 0 Å². The number of carbonyl (C=O) groups is 3. The number of pyridine rings is 1. The van der Waals surface area contributed by atoms with Gasteiger partial charge in [-0.15, -0.1) is 0 Å². The number of aromatic nitrogens is 1. The molecule has 1 unspecified atom stereocenters. The Kier molecular flexibility index (Phi) is 7.81. The summed E-state index contributed by atoms with van der Waals surface area (Å²) >= 11 is 0. The third-order valence-corrected chi connectivity index (χ3v) is 3.04. The van der Waals surface area contributed by atoms with Gasteiger partial charge in [0.05, 0.1) is 19.6 Å². The summed E-state index contributed by atoms with van der Waals surface area (Å²) in [6, 6.07) is 3.29. The Bertz CT molecular complexity index is 501. The normalized spacial score (nSPS) is 11.5. The number of ketones is 1. The standard InChI is InChI=1S/C16H21NO5/c1-3-21-14(18)8-7-12(10-15(19)22-4-2)16(20)13-6-5-9-17-11-13/h5-6,9,11-12H,3-4,7-8,10H2,1-2H3. The zero-order valence-electron chi connectivity index (χ0n) is 12.9. The van der Waals surface area contributed by atoms with Gasteiger partial charge in [0, 0.05) is 30.3 Å². The van der Waals surface area contributed by atoms with Gasteiger partial charge in [-0.2, -0.15) is 0 Å². The molecule has 22 heavy (non-hydrogen) atoms. The van der Waals surface area contributed by atoms with Gasteiger partial charge in [0.2, 0.25) is 0 Å². The molecule has 0 bridgehead atoms. The lowest BCUT2D eigenvalue weighted by Gasteiger charge is -2.14. The molecule has 0 spiro atoms. The molecular weight excluding hydrogens is 286 g/mol. The van der Waals surface area contributed by atoms with Gasteiger partial charge in [-0.05, 0) is 32.4 Å². The van der Waals surface area contributed by atoms with Crippen LogP contribution in [-0.4, -0.2) is 35.9 Å². The van der Waals surface area contributed by atoms with E-state index in [1.807, 2.05) is 0 Å². The molecule has 0 saturated heterocycles. The highest BCUT2D eigenvalue weighted by Gasteiger charge is 2.25. The Labute approximate surface area is 129 Å². The molecule has 0 fully saturated rings. The molecule has 0 aliphatic heterocycles. The van der Waals surface area contributed by atoms with E-state index in [1.165, 1.54) is 6.20 Å². The van der Waals surface area contributed by atoms with Crippen LogP contribution in [-0.2, 0) is 19.1 Å². The number of nitrogens with zero attached hydrogens (tertiary/aromatic N) is 1. The number of ether oxygens (including phenoxy) is 2. The van der Waals surface area contributed by atoms with Crippen molar-refractivity contribution in [3.8, 4) is 0 Å². The van der Waals surface area contributed by atoms with Crippen LogP contribution in [0.4, 0.5) is 0 Å². The molecule has 120 valence electrons. The molecule has 1 atom stereocenters. The fraction of sp³-hybridized carbons (Fsp3) is 0.500. The Morgan fingerprint density at radius 1 is 1.14 bits per heavy atom. The fourth-order valence-corrected chi connectivity index (χ4v) is 2.02. The Hall–Kier alpha value is -2.24. The van der Waals surface area contributed by atoms with E-state index in [4.69, 9.17) is 9.47 Å². The molecule has 0 N–H and O–H groups in total. The first-order valence-corrected chi connectivity index (χ1v) is 7.33. The highest BCUT2D eigenvalue weighted by molar-refractivity contribution is 5.99. The Balaban J connectivity index is 2.74. The first-order chi connectivity index (χ1) is 10.6. The van der Waals surface area contributed by atoms with E-state index >= 15 is 0 Å². The average Bonchev–Trinajstić information content (AvgIpc) is 2.52. The maximum atomic E-state index is 12.5. The SMILES string of the molecule is CCOC(=O)CCC(CC(=O)OCC)C(=O)c1cccnc1. The quantitative estimate of drug-likeness (QED) is 0.513. The molecule has 0 saturated carbocycles. The molecule has 0 aliphatic rings. The zero-order chi connectivity index (χ0) is 16.4. The van der Waals surface area contributed by atoms with Crippen LogP contribution in [0, 0.1) is 5.92 Å². The third-order valence-electron chi connectivity index (χ3n) is 3.04. The molecule has 1 rings (SSSR count). The average molecular weight is 307 g/mol. The number of esters is 2. The number of hydrogen-bond donors (Lipinski definition) is 0. The van der Waals surface area contributed by atoms with Crippen LogP contribution in [0.3, 0.4) is 0 Å². The van der Waals surface area contributed by atoms with Crippen molar-refractivity contribution in [3.63, 3.8) is 0 Å². The van der Waals surface area contributed by atoms with Crippen LogP contribution in [0.15, 0.2) is 24.5 Å². The van der Waals surface area contributed by atoms with E-state index in [1.54, 1.807) is 32.2 Å². The van der Waals surface area contributed by atoms with Crippen molar-refractivity contribution in [1.29, 1.82) is 0 Å². The monoisotopic (exact) mass is 307 g/mol. The molecule has 0 aliphatic carbocycles. The minimum Gasteiger partial charge on any atom is -0.466 e. The van der Waals surface area contributed by atoms with E-state index in [-0.39, 0.29) is 44.2 Å². The van der Waals surface area contributed by atoms with Crippen LogP contribution < -0.4 is 0 Å². The minimum atomic E-state index is -0.618. The van der Waals surface area contributed by atoms with Crippen molar-refractivity contribution < 1.29 is 23.9 Å². The molecule has 0 radical (unpaired) electrons. The summed E-state index contributed by atoms with van der Waals surface area (Å²) in [6.45, 7) is 3.96. The van der Waals surface area contributed by atoms with Gasteiger partial charge < -0.3 is 9.47 Å². The topological polar surface area (TPSA) is 82.6 Å². The molecule has 0 aromatic carbocycles. The molecule has 0 amide bonds. The highest BCUT2D eigenvalue weighted by atomic mass is 16.5. The summed E-state index contributed by atoms with van der Waals surface area (Å²) in [6.07, 6.45) is 3.29. The van der Waals surface area contributed by atoms with Crippen LogP contribution in [0.2, 0.25) is 0 Å². The number of rotatable bonds is 9. The summed E-state index contributed by atoms with van der Waals surface area (Å²) in [5, 5.41) is 0. The predicted molar refractivity (Wildman–Crippen MR) is 79.2 cm³/mol. The van der Waals surface area contributed by atoms with Crippen molar-refractivity contribution in [3.05, 3.63) is 30.1 Å². The Morgan fingerprint density at radius 3 is 2.41 bits per heavy atom. The van der Waals surface area contributed by atoms with Crippen LogP contribution in [0.1, 0.15) is 43.5 Å². The summed E-state index contributed by atoms with van der Waals surface area (Å²) in [4.78, 5) is 39.5. The largest absolute Gasteiger partial charge is 0.466 e. The van der Waals surface area contributed by atoms with Crippen molar-refractivity contribution in [2.24, 2.45) is 5.92 Å². The predicted octanol–water partition coefficient (Wildman–Crippen LogP) is 2.18. The van der Waals surface area contributed by atoms with E-state index in [0.29, 0.717) is 5.56 Å². The van der Waals surface area contributed by atoms with Crippen LogP contribution in [0.5, 0.6) is 0 Å². The summed E-state index contributed by atoms with van der Waals surface area (Å²) in [5.74, 6) is -1.66. The summed E-state index contributed by atoms with van der Waals surface area (Å²) in [7, 11) is 0. The molecule has 6 heteroatoms. The summed E-state index contributed by atoms with van der Waals surface area (Å²) in [5.41, 5.74) is 0.417. The van der Waals surface area contributed by atoms with E-state index in [0.717, 1.165) is 0 Å². The summed E-state index contributed by atoms with van der Waals surface area (Å²) < 4.78 is 9.74. The zero-order valence-corrected chi connectivity index (χ0v) is 12.9. The molecule has 1 aromatic rings. The van der Waals surface area contributed by atoms with Crippen LogP contribution in [0.25, 0.3) is 0 Å². The fourth-order valence-electron chi connectivity index (χ4n) is 2.02. The van der Waals surface area contributed by atoms with Gasteiger partial charge in [-0.1, -0.05) is 0 Å². The maximum absolute atomic E-state index is 12.5. The molecule has 1 aromatic heterocycles. The van der Waals surface area contributed by atoms with E-state index < -0.39 is 11.9 Å². The second kappa shape index (κ2) is 9.65. The van der Waals surface area contributed by atoms with Crippen molar-refractivity contribution in [2.75, 3.05) is 13.2 Å². The van der Waals surface area contributed by atoms with Gasteiger partial charge in [-0.3, -0.25) is 19.4 Å². The van der Waals surface area contributed by atoms with E-state index in [9.17, 15) is 14.4 Å². The highest BCUT2D eigenvalue weighted by Crippen LogP contribution is 2.19. The second-order valence-electron chi connectivity index (χ2n) is 4.66. The van der Waals surface area contributed by atoms with Crippen molar-refractivity contribution in [1.82, 2.24) is 4.98 Å². The lowest BCUT2D eigenvalue weighted by atomic mass is 9.91. The minimum absolute atomic E-state index is 0.0546. The van der Waals surface area contributed by atoms with Crippen molar-refractivity contribution in [2.45, 2.75) is 33.1 Å². The van der Waals surface area contributed by atoms with E-state index in [2.05, 4.69) is 4.98 Å². The first kappa shape index (κ1) is 17.8. The van der Waals surface area contributed by atoms with Gasteiger partial charge in [0.15, 0.2) is 5.78 Å². The lowest BCUT2D eigenvalue weighted by molar-refractivity contribution is -0.146. The van der Waals surface area contributed by atoms with Crippen molar-refractivity contribution >= 4 is 17.7 Å². The van der Waals surface area contributed by atoms with Gasteiger partial charge >= 0.3 is 11.9 Å². The lowest BCUT2D eigenvalue weighted by Crippen LogP contribution is -2.21. The van der Waals surface area contributed by atoms with Gasteiger partial charge in [-0.25, -0.2) is 0 Å². The van der Waals surface area contributed by atoms with Gasteiger partial charge in [0.25, 0.3) is 0 Å². The molecular formula is C16H21NO5. The molecule has 1 heterocycles. The first-order valence-electron chi connectivity index (χ1n) is 7.33. The number of Topliss-reactive ketones (excluding diaryl/α,β-unsaturated/α-hetero) is 1. The smallest absolute Gasteiger partial charge is 0.306 e. The van der Waals surface area contributed by atoms with Crippen LogP contribution >= 0.6 is 0 Å². The number of carbonyl (C=O) groups excluding carboxylic acids is 3.